The van der Waals surface area contributed by atoms with Crippen LogP contribution in [0.15, 0.2) is 30.3 Å². The SMILES string of the molecule is CCCC(C)C#CCNC(=O)c1ccccc1. The molecule has 0 bridgehead atoms. The zero-order chi connectivity index (χ0) is 12.5. The van der Waals surface area contributed by atoms with Crippen molar-refractivity contribution >= 4 is 5.91 Å². The minimum absolute atomic E-state index is 0.0666. The van der Waals surface area contributed by atoms with Crippen molar-refractivity contribution in [2.45, 2.75) is 26.7 Å². The molecule has 1 unspecified atom stereocenters. The molecule has 0 aliphatic rings. The second-order valence-corrected chi connectivity index (χ2v) is 4.06. The van der Waals surface area contributed by atoms with Gasteiger partial charge in [-0.05, 0) is 18.6 Å². The maximum Gasteiger partial charge on any atom is 0.252 e. The summed E-state index contributed by atoms with van der Waals surface area (Å²) in [5.74, 6) is 6.46. The molecule has 1 aromatic rings. The average molecular weight is 229 g/mol. The Morgan fingerprint density at radius 3 is 2.71 bits per heavy atom. The Hall–Kier alpha value is -1.75. The molecule has 2 heteroatoms. The van der Waals surface area contributed by atoms with E-state index in [9.17, 15) is 4.79 Å². The Labute approximate surface area is 103 Å². The van der Waals surface area contributed by atoms with Crippen LogP contribution < -0.4 is 5.32 Å². The molecule has 2 nitrogen and oxygen atoms in total. The molecular weight excluding hydrogens is 210 g/mol. The number of carbonyl (C=O) groups is 1. The number of nitrogens with one attached hydrogen (secondary N) is 1. The van der Waals surface area contributed by atoms with Crippen LogP contribution in [0.2, 0.25) is 0 Å². The molecule has 1 amide bonds. The molecule has 0 saturated carbocycles. The summed E-state index contributed by atoms with van der Waals surface area (Å²) in [4.78, 5) is 11.6. The molecule has 0 saturated heterocycles. The summed E-state index contributed by atoms with van der Waals surface area (Å²) in [6, 6.07) is 9.18. The van der Waals surface area contributed by atoms with Gasteiger partial charge in [-0.2, -0.15) is 0 Å². The number of rotatable bonds is 4. The zero-order valence-electron chi connectivity index (χ0n) is 10.5. The molecule has 0 heterocycles. The van der Waals surface area contributed by atoms with Gasteiger partial charge in [0, 0.05) is 11.5 Å². The summed E-state index contributed by atoms with van der Waals surface area (Å²) < 4.78 is 0. The molecule has 1 atom stereocenters. The first kappa shape index (κ1) is 13.3. The first-order chi connectivity index (χ1) is 8.24. The van der Waals surface area contributed by atoms with E-state index in [1.807, 2.05) is 18.2 Å². The van der Waals surface area contributed by atoms with E-state index < -0.39 is 0 Å². The van der Waals surface area contributed by atoms with Crippen LogP contribution in [0.5, 0.6) is 0 Å². The predicted octanol–water partition coefficient (Wildman–Crippen LogP) is 2.86. The highest BCUT2D eigenvalue weighted by Gasteiger charge is 2.01. The van der Waals surface area contributed by atoms with Crippen LogP contribution in [0.25, 0.3) is 0 Å². The third-order valence-corrected chi connectivity index (χ3v) is 2.44. The number of hydrogen-bond acceptors (Lipinski definition) is 1. The van der Waals surface area contributed by atoms with Crippen LogP contribution in [0.3, 0.4) is 0 Å². The minimum Gasteiger partial charge on any atom is -0.341 e. The lowest BCUT2D eigenvalue weighted by Crippen LogP contribution is -2.23. The van der Waals surface area contributed by atoms with Crippen molar-refractivity contribution in [3.63, 3.8) is 0 Å². The summed E-state index contributed by atoms with van der Waals surface area (Å²) in [6.07, 6.45) is 2.26. The highest BCUT2D eigenvalue weighted by molar-refractivity contribution is 5.94. The minimum atomic E-state index is -0.0666. The first-order valence-corrected chi connectivity index (χ1v) is 6.05. The summed E-state index contributed by atoms with van der Waals surface area (Å²) in [5.41, 5.74) is 0.677. The van der Waals surface area contributed by atoms with Gasteiger partial charge in [-0.25, -0.2) is 0 Å². The normalized spacial score (nSPS) is 11.2. The Bertz CT molecular complexity index is 400. The van der Waals surface area contributed by atoms with Gasteiger partial charge in [0.15, 0.2) is 0 Å². The molecular formula is C15H19NO. The van der Waals surface area contributed by atoms with E-state index in [1.54, 1.807) is 12.1 Å². The summed E-state index contributed by atoms with van der Waals surface area (Å²) >= 11 is 0. The highest BCUT2D eigenvalue weighted by atomic mass is 16.1. The van der Waals surface area contributed by atoms with E-state index in [1.165, 1.54) is 0 Å². The van der Waals surface area contributed by atoms with E-state index in [4.69, 9.17) is 0 Å². The Morgan fingerprint density at radius 1 is 1.35 bits per heavy atom. The number of amides is 1. The molecule has 0 aliphatic carbocycles. The molecule has 0 fully saturated rings. The van der Waals surface area contributed by atoms with Gasteiger partial charge in [0.25, 0.3) is 5.91 Å². The second-order valence-electron chi connectivity index (χ2n) is 4.06. The van der Waals surface area contributed by atoms with Crippen molar-refractivity contribution < 1.29 is 4.79 Å². The van der Waals surface area contributed by atoms with Gasteiger partial charge in [0.1, 0.15) is 0 Å². The molecule has 17 heavy (non-hydrogen) atoms. The van der Waals surface area contributed by atoms with Crippen molar-refractivity contribution in [1.29, 1.82) is 0 Å². The molecule has 0 radical (unpaired) electrons. The van der Waals surface area contributed by atoms with Crippen LogP contribution in [0, 0.1) is 17.8 Å². The smallest absolute Gasteiger partial charge is 0.252 e. The van der Waals surface area contributed by atoms with Crippen LogP contribution >= 0.6 is 0 Å². The molecule has 1 N–H and O–H groups in total. The molecule has 1 aromatic carbocycles. The molecule has 0 aliphatic heterocycles. The van der Waals surface area contributed by atoms with E-state index in [0.29, 0.717) is 18.0 Å². The van der Waals surface area contributed by atoms with E-state index in [0.717, 1.165) is 12.8 Å². The summed E-state index contributed by atoms with van der Waals surface area (Å²) in [6.45, 7) is 4.67. The van der Waals surface area contributed by atoms with Gasteiger partial charge in [-0.3, -0.25) is 4.79 Å². The van der Waals surface area contributed by atoms with Crippen molar-refractivity contribution in [1.82, 2.24) is 5.32 Å². The van der Waals surface area contributed by atoms with E-state index >= 15 is 0 Å². The number of benzene rings is 1. The molecule has 90 valence electrons. The Kier molecular flexibility index (Phi) is 5.88. The fourth-order valence-corrected chi connectivity index (χ4v) is 1.55. The van der Waals surface area contributed by atoms with E-state index in [-0.39, 0.29) is 5.91 Å². The lowest BCUT2D eigenvalue weighted by molar-refractivity contribution is 0.0958. The quantitative estimate of drug-likeness (QED) is 0.790. The number of carbonyl (C=O) groups excluding carboxylic acids is 1. The standard InChI is InChI=1S/C15H19NO/c1-3-8-13(2)9-7-12-16-15(17)14-10-5-4-6-11-14/h4-6,10-11,13H,3,8,12H2,1-2H3,(H,16,17). The van der Waals surface area contributed by atoms with Crippen LogP contribution in [0.4, 0.5) is 0 Å². The Balaban J connectivity index is 2.34. The van der Waals surface area contributed by atoms with Crippen LogP contribution in [-0.4, -0.2) is 12.5 Å². The molecule has 0 spiro atoms. The average Bonchev–Trinajstić information content (AvgIpc) is 2.36. The van der Waals surface area contributed by atoms with Crippen molar-refractivity contribution in [3.05, 3.63) is 35.9 Å². The van der Waals surface area contributed by atoms with Gasteiger partial charge in [-0.1, -0.05) is 50.3 Å². The maximum atomic E-state index is 11.6. The number of hydrogen-bond donors (Lipinski definition) is 1. The predicted molar refractivity (Wildman–Crippen MR) is 70.6 cm³/mol. The van der Waals surface area contributed by atoms with Gasteiger partial charge < -0.3 is 5.32 Å². The van der Waals surface area contributed by atoms with Crippen molar-refractivity contribution in [3.8, 4) is 11.8 Å². The summed E-state index contributed by atoms with van der Waals surface area (Å²) in [5, 5.41) is 2.78. The maximum absolute atomic E-state index is 11.6. The monoisotopic (exact) mass is 229 g/mol. The lowest BCUT2D eigenvalue weighted by atomic mass is 10.1. The van der Waals surface area contributed by atoms with Crippen molar-refractivity contribution in [2.75, 3.05) is 6.54 Å². The van der Waals surface area contributed by atoms with Gasteiger partial charge >= 0.3 is 0 Å². The van der Waals surface area contributed by atoms with Crippen molar-refractivity contribution in [2.24, 2.45) is 5.92 Å². The van der Waals surface area contributed by atoms with Gasteiger partial charge in [0.2, 0.25) is 0 Å². The zero-order valence-corrected chi connectivity index (χ0v) is 10.5. The lowest BCUT2D eigenvalue weighted by Gasteiger charge is -2.01. The molecule has 1 rings (SSSR count). The van der Waals surface area contributed by atoms with Crippen LogP contribution in [0.1, 0.15) is 37.0 Å². The van der Waals surface area contributed by atoms with Crippen LogP contribution in [-0.2, 0) is 0 Å². The second kappa shape index (κ2) is 7.51. The first-order valence-electron chi connectivity index (χ1n) is 6.05. The largest absolute Gasteiger partial charge is 0.341 e. The third-order valence-electron chi connectivity index (χ3n) is 2.44. The van der Waals surface area contributed by atoms with E-state index in [2.05, 4.69) is 31.0 Å². The third kappa shape index (κ3) is 5.21. The summed E-state index contributed by atoms with van der Waals surface area (Å²) in [7, 11) is 0. The topological polar surface area (TPSA) is 29.1 Å². The van der Waals surface area contributed by atoms with Gasteiger partial charge in [0.05, 0.1) is 6.54 Å². The highest BCUT2D eigenvalue weighted by Crippen LogP contribution is 2.01. The van der Waals surface area contributed by atoms with Gasteiger partial charge in [-0.15, -0.1) is 0 Å². The fraction of sp³-hybridized carbons (Fsp3) is 0.400. The molecule has 0 aromatic heterocycles. The fourth-order valence-electron chi connectivity index (χ4n) is 1.55. The Morgan fingerprint density at radius 2 is 2.06 bits per heavy atom.